The number of amides is 1. The van der Waals surface area contributed by atoms with Gasteiger partial charge in [0.1, 0.15) is 11.8 Å². The molecule has 3 rings (SSSR count). The van der Waals surface area contributed by atoms with Crippen molar-refractivity contribution < 1.29 is 19.1 Å². The molecule has 0 saturated carbocycles. The number of methoxy groups -OCH3 is 2. The molecule has 0 aliphatic rings. The van der Waals surface area contributed by atoms with E-state index in [9.17, 15) is 9.59 Å². The first-order valence-electron chi connectivity index (χ1n) is 8.47. The molecule has 0 spiro atoms. The van der Waals surface area contributed by atoms with Crippen molar-refractivity contribution in [1.82, 2.24) is 10.3 Å². The Labute approximate surface area is 157 Å². The van der Waals surface area contributed by atoms with Crippen LogP contribution in [0.1, 0.15) is 15.9 Å². The summed E-state index contributed by atoms with van der Waals surface area (Å²) in [6, 6.07) is 15.8. The van der Waals surface area contributed by atoms with E-state index in [1.54, 1.807) is 19.2 Å². The minimum Gasteiger partial charge on any atom is -0.496 e. The number of carbonyl (C=O) groups excluding carboxylic acids is 2. The topological polar surface area (TPSA) is 77.5 Å². The molecule has 3 aromatic rings. The van der Waals surface area contributed by atoms with Crippen molar-refractivity contribution in [2.24, 2.45) is 0 Å². The van der Waals surface area contributed by atoms with Crippen LogP contribution in [-0.2, 0) is 16.0 Å². The smallest absolute Gasteiger partial charge is 0.328 e. The van der Waals surface area contributed by atoms with Crippen molar-refractivity contribution in [3.05, 3.63) is 71.9 Å². The van der Waals surface area contributed by atoms with Crippen LogP contribution in [0.5, 0.6) is 5.75 Å². The first kappa shape index (κ1) is 18.4. The van der Waals surface area contributed by atoms with Crippen LogP contribution in [0, 0.1) is 0 Å². The summed E-state index contributed by atoms with van der Waals surface area (Å²) in [6.07, 6.45) is 1.75. The lowest BCUT2D eigenvalue weighted by Crippen LogP contribution is -2.43. The van der Waals surface area contributed by atoms with Crippen molar-refractivity contribution in [2.45, 2.75) is 12.5 Å². The molecular weight excluding hydrogens is 344 g/mol. The van der Waals surface area contributed by atoms with E-state index in [0.717, 1.165) is 16.5 Å². The SMILES string of the molecule is COC(=O)[C@@H](Cc1ccccc1OC)NC(=O)c1cnc2ccccc2c1. The molecule has 27 heavy (non-hydrogen) atoms. The van der Waals surface area contributed by atoms with Crippen LogP contribution in [0.4, 0.5) is 0 Å². The van der Waals surface area contributed by atoms with Gasteiger partial charge in [-0.2, -0.15) is 0 Å². The molecule has 0 aliphatic carbocycles. The summed E-state index contributed by atoms with van der Waals surface area (Å²) in [7, 11) is 2.85. The van der Waals surface area contributed by atoms with Crippen LogP contribution in [0.25, 0.3) is 10.9 Å². The summed E-state index contributed by atoms with van der Waals surface area (Å²) < 4.78 is 10.2. The standard InChI is InChI=1S/C21H20N2O4/c1-26-19-10-6-4-8-15(19)12-18(21(25)27-2)23-20(24)16-11-14-7-3-5-9-17(14)22-13-16/h3-11,13,18H,12H2,1-2H3,(H,23,24)/t18-/m1/s1. The fourth-order valence-electron chi connectivity index (χ4n) is 2.86. The second-order valence-corrected chi connectivity index (χ2v) is 5.98. The van der Waals surface area contributed by atoms with Crippen LogP contribution in [0.2, 0.25) is 0 Å². The highest BCUT2D eigenvalue weighted by Crippen LogP contribution is 2.20. The van der Waals surface area contributed by atoms with Crippen molar-refractivity contribution in [1.29, 1.82) is 0 Å². The molecule has 2 aromatic carbocycles. The third-order valence-corrected chi connectivity index (χ3v) is 4.26. The van der Waals surface area contributed by atoms with Crippen molar-refractivity contribution >= 4 is 22.8 Å². The van der Waals surface area contributed by atoms with E-state index in [2.05, 4.69) is 10.3 Å². The van der Waals surface area contributed by atoms with Crippen LogP contribution in [0.3, 0.4) is 0 Å². The quantitative estimate of drug-likeness (QED) is 0.681. The number of pyridine rings is 1. The summed E-state index contributed by atoms with van der Waals surface area (Å²) in [6.45, 7) is 0. The van der Waals surface area contributed by atoms with Gasteiger partial charge in [-0.25, -0.2) is 4.79 Å². The maximum Gasteiger partial charge on any atom is 0.328 e. The molecule has 0 unspecified atom stereocenters. The third kappa shape index (κ3) is 4.23. The molecule has 0 radical (unpaired) electrons. The largest absolute Gasteiger partial charge is 0.496 e. The van der Waals surface area contributed by atoms with Gasteiger partial charge in [0.2, 0.25) is 0 Å². The van der Waals surface area contributed by atoms with Gasteiger partial charge in [-0.1, -0.05) is 36.4 Å². The van der Waals surface area contributed by atoms with Crippen molar-refractivity contribution in [2.75, 3.05) is 14.2 Å². The second-order valence-electron chi connectivity index (χ2n) is 5.98. The number of nitrogens with one attached hydrogen (secondary N) is 1. The molecule has 1 amide bonds. The highest BCUT2D eigenvalue weighted by atomic mass is 16.5. The second kappa shape index (κ2) is 8.31. The van der Waals surface area contributed by atoms with Gasteiger partial charge < -0.3 is 14.8 Å². The van der Waals surface area contributed by atoms with E-state index in [-0.39, 0.29) is 6.42 Å². The molecule has 0 bridgehead atoms. The molecule has 0 fully saturated rings. The Bertz CT molecular complexity index is 971. The van der Waals surface area contributed by atoms with Crippen molar-refractivity contribution in [3.63, 3.8) is 0 Å². The number of rotatable bonds is 6. The number of fused-ring (bicyclic) bond motifs is 1. The number of carbonyl (C=O) groups is 2. The van der Waals surface area contributed by atoms with E-state index in [1.165, 1.54) is 13.3 Å². The first-order chi connectivity index (χ1) is 13.1. The number of benzene rings is 2. The molecule has 0 aliphatic heterocycles. The predicted molar refractivity (Wildman–Crippen MR) is 102 cm³/mol. The number of ether oxygens (including phenoxy) is 2. The summed E-state index contributed by atoms with van der Waals surface area (Å²) in [5.41, 5.74) is 1.97. The minimum atomic E-state index is -0.842. The van der Waals surface area contributed by atoms with Gasteiger partial charge in [-0.3, -0.25) is 9.78 Å². The number of esters is 1. The maximum atomic E-state index is 12.7. The summed E-state index contributed by atoms with van der Waals surface area (Å²) in [5.74, 6) is -0.269. The van der Waals surface area contributed by atoms with Crippen LogP contribution in [-0.4, -0.2) is 37.1 Å². The Morgan fingerprint density at radius 3 is 2.59 bits per heavy atom. The monoisotopic (exact) mass is 364 g/mol. The lowest BCUT2D eigenvalue weighted by molar-refractivity contribution is -0.142. The molecule has 138 valence electrons. The van der Waals surface area contributed by atoms with Gasteiger partial charge in [0, 0.05) is 18.0 Å². The van der Waals surface area contributed by atoms with Gasteiger partial charge in [-0.15, -0.1) is 0 Å². The summed E-state index contributed by atoms with van der Waals surface area (Å²) in [5, 5.41) is 3.59. The van der Waals surface area contributed by atoms with Gasteiger partial charge in [0.15, 0.2) is 0 Å². The van der Waals surface area contributed by atoms with Gasteiger partial charge >= 0.3 is 5.97 Å². The number of para-hydroxylation sites is 2. The Hall–Kier alpha value is -3.41. The highest BCUT2D eigenvalue weighted by molar-refractivity contribution is 5.99. The van der Waals surface area contributed by atoms with E-state index in [0.29, 0.717) is 11.3 Å². The lowest BCUT2D eigenvalue weighted by atomic mass is 10.0. The van der Waals surface area contributed by atoms with Crippen LogP contribution in [0.15, 0.2) is 60.8 Å². The predicted octanol–water partition coefficient (Wildman–Crippen LogP) is 2.76. The summed E-state index contributed by atoms with van der Waals surface area (Å²) in [4.78, 5) is 29.2. The molecule has 6 nitrogen and oxygen atoms in total. The maximum absolute atomic E-state index is 12.7. The first-order valence-corrected chi connectivity index (χ1v) is 8.47. The Morgan fingerprint density at radius 2 is 1.81 bits per heavy atom. The summed E-state index contributed by atoms with van der Waals surface area (Å²) >= 11 is 0. The molecule has 1 atom stereocenters. The number of hydrogen-bond donors (Lipinski definition) is 1. The zero-order valence-electron chi connectivity index (χ0n) is 15.1. The average Bonchev–Trinajstić information content (AvgIpc) is 2.72. The third-order valence-electron chi connectivity index (χ3n) is 4.26. The molecule has 6 heteroatoms. The fraction of sp³-hybridized carbons (Fsp3) is 0.190. The Kier molecular flexibility index (Phi) is 5.66. The number of aromatic nitrogens is 1. The zero-order valence-corrected chi connectivity index (χ0v) is 15.1. The molecule has 1 N–H and O–H groups in total. The lowest BCUT2D eigenvalue weighted by Gasteiger charge is -2.18. The highest BCUT2D eigenvalue weighted by Gasteiger charge is 2.24. The van der Waals surface area contributed by atoms with E-state index in [4.69, 9.17) is 9.47 Å². The zero-order chi connectivity index (χ0) is 19.2. The Morgan fingerprint density at radius 1 is 1.07 bits per heavy atom. The van der Waals surface area contributed by atoms with E-state index >= 15 is 0 Å². The van der Waals surface area contributed by atoms with E-state index < -0.39 is 17.9 Å². The fourth-order valence-corrected chi connectivity index (χ4v) is 2.86. The molecule has 1 aromatic heterocycles. The van der Waals surface area contributed by atoms with E-state index in [1.807, 2.05) is 42.5 Å². The Balaban J connectivity index is 1.82. The normalized spacial score (nSPS) is 11.6. The number of nitrogens with zero attached hydrogens (tertiary/aromatic N) is 1. The molecular formula is C21H20N2O4. The molecule has 1 heterocycles. The average molecular weight is 364 g/mol. The van der Waals surface area contributed by atoms with Crippen LogP contribution < -0.4 is 10.1 Å². The van der Waals surface area contributed by atoms with Gasteiger partial charge in [0.05, 0.1) is 25.3 Å². The van der Waals surface area contributed by atoms with Crippen molar-refractivity contribution in [3.8, 4) is 5.75 Å². The number of hydrogen-bond acceptors (Lipinski definition) is 5. The van der Waals surface area contributed by atoms with Gasteiger partial charge in [0.25, 0.3) is 5.91 Å². The van der Waals surface area contributed by atoms with Gasteiger partial charge in [-0.05, 0) is 23.8 Å². The molecule has 0 saturated heterocycles. The van der Waals surface area contributed by atoms with Crippen LogP contribution >= 0.6 is 0 Å². The minimum absolute atomic E-state index is 0.253.